The number of nitrogens with zero attached hydrogens (tertiary/aromatic N) is 1. The second kappa shape index (κ2) is 7.18. The van der Waals surface area contributed by atoms with Gasteiger partial charge in [-0.05, 0) is 36.5 Å². The number of phenolic OH excluding ortho intramolecular Hbond substituents is 2. The number of halogens is 3. The molecule has 24 heavy (non-hydrogen) atoms. The van der Waals surface area contributed by atoms with E-state index >= 15 is 0 Å². The minimum absolute atomic E-state index is 0.112. The summed E-state index contributed by atoms with van der Waals surface area (Å²) in [6, 6.07) is 8.77. The van der Waals surface area contributed by atoms with Crippen molar-refractivity contribution in [1.82, 2.24) is 5.43 Å². The van der Waals surface area contributed by atoms with Crippen molar-refractivity contribution in [2.45, 2.75) is 6.18 Å². The molecule has 2 rings (SSSR count). The Hall–Kier alpha value is -2.81. The summed E-state index contributed by atoms with van der Waals surface area (Å²) in [4.78, 5) is 0. The van der Waals surface area contributed by atoms with Gasteiger partial charge in [0.25, 0.3) is 0 Å². The van der Waals surface area contributed by atoms with E-state index in [4.69, 9.17) is 17.3 Å². The molecule has 0 heterocycles. The SMILES string of the molecule is Oc1ccc(C=NNC(=S)Nc2ccccc2C(F)(F)F)c(O)c1. The highest BCUT2D eigenvalue weighted by molar-refractivity contribution is 7.80. The number of phenols is 2. The van der Waals surface area contributed by atoms with Gasteiger partial charge in [0.05, 0.1) is 17.5 Å². The van der Waals surface area contributed by atoms with E-state index in [0.717, 1.165) is 12.1 Å². The number of alkyl halides is 3. The Kier molecular flexibility index (Phi) is 5.24. The first kappa shape index (κ1) is 17.5. The van der Waals surface area contributed by atoms with Crippen molar-refractivity contribution in [3.63, 3.8) is 0 Å². The third kappa shape index (κ3) is 4.59. The van der Waals surface area contributed by atoms with E-state index in [1.54, 1.807) is 0 Å². The Labute approximate surface area is 140 Å². The van der Waals surface area contributed by atoms with Gasteiger partial charge in [0.1, 0.15) is 11.5 Å². The van der Waals surface area contributed by atoms with E-state index in [2.05, 4.69) is 15.8 Å². The second-order valence-corrected chi connectivity index (χ2v) is 5.02. The molecule has 2 aromatic rings. The standard InChI is InChI=1S/C15H12F3N3O2S/c16-15(17,18)11-3-1-2-4-12(11)20-14(24)21-19-8-9-5-6-10(22)7-13(9)23/h1-8,22-23H,(H2,20,21,24). The van der Waals surface area contributed by atoms with Crippen LogP contribution in [0.2, 0.25) is 0 Å². The number of nitrogens with one attached hydrogen (secondary N) is 2. The number of benzene rings is 2. The van der Waals surface area contributed by atoms with Gasteiger partial charge in [-0.3, -0.25) is 5.43 Å². The third-order valence-corrected chi connectivity index (χ3v) is 3.06. The van der Waals surface area contributed by atoms with Crippen molar-refractivity contribution in [3.05, 3.63) is 53.6 Å². The van der Waals surface area contributed by atoms with E-state index in [1.165, 1.54) is 36.5 Å². The third-order valence-electron chi connectivity index (χ3n) is 2.86. The first-order valence-corrected chi connectivity index (χ1v) is 6.96. The number of anilines is 1. The van der Waals surface area contributed by atoms with E-state index < -0.39 is 11.7 Å². The van der Waals surface area contributed by atoms with Gasteiger partial charge < -0.3 is 15.5 Å². The molecular formula is C15H12F3N3O2S. The summed E-state index contributed by atoms with van der Waals surface area (Å²) < 4.78 is 38.6. The molecule has 4 N–H and O–H groups in total. The van der Waals surface area contributed by atoms with Gasteiger partial charge in [-0.1, -0.05) is 12.1 Å². The molecule has 5 nitrogen and oxygen atoms in total. The van der Waals surface area contributed by atoms with Gasteiger partial charge in [-0.2, -0.15) is 18.3 Å². The van der Waals surface area contributed by atoms with Crippen molar-refractivity contribution in [2.75, 3.05) is 5.32 Å². The van der Waals surface area contributed by atoms with Crippen LogP contribution in [0.3, 0.4) is 0 Å². The van der Waals surface area contributed by atoms with Gasteiger partial charge in [0, 0.05) is 11.6 Å². The number of hydrazone groups is 1. The van der Waals surface area contributed by atoms with E-state index in [9.17, 15) is 18.3 Å². The van der Waals surface area contributed by atoms with Gasteiger partial charge >= 0.3 is 6.18 Å². The van der Waals surface area contributed by atoms with Crippen molar-refractivity contribution in [2.24, 2.45) is 5.10 Å². The molecule has 2 aromatic carbocycles. The van der Waals surface area contributed by atoms with Gasteiger partial charge in [0.2, 0.25) is 0 Å². The molecule has 0 aliphatic rings. The van der Waals surface area contributed by atoms with Crippen molar-refractivity contribution in [3.8, 4) is 11.5 Å². The zero-order valence-corrected chi connectivity index (χ0v) is 12.8. The predicted octanol–water partition coefficient (Wildman–Crippen LogP) is 3.44. The molecule has 0 bridgehead atoms. The maximum absolute atomic E-state index is 12.9. The highest BCUT2D eigenvalue weighted by Crippen LogP contribution is 2.34. The molecule has 9 heteroatoms. The van der Waals surface area contributed by atoms with Crippen LogP contribution in [0.5, 0.6) is 11.5 Å². The summed E-state index contributed by atoms with van der Waals surface area (Å²) in [5.41, 5.74) is 1.58. The Morgan fingerprint density at radius 2 is 1.83 bits per heavy atom. The van der Waals surface area contributed by atoms with Crippen LogP contribution in [0.1, 0.15) is 11.1 Å². The Morgan fingerprint density at radius 1 is 1.12 bits per heavy atom. The Balaban J connectivity index is 2.03. The van der Waals surface area contributed by atoms with Crippen LogP contribution in [0, 0.1) is 0 Å². The summed E-state index contributed by atoms with van der Waals surface area (Å²) in [7, 11) is 0. The van der Waals surface area contributed by atoms with Crippen LogP contribution in [0.15, 0.2) is 47.6 Å². The topological polar surface area (TPSA) is 76.9 Å². The highest BCUT2D eigenvalue weighted by Gasteiger charge is 2.33. The van der Waals surface area contributed by atoms with Crippen LogP contribution >= 0.6 is 12.2 Å². The maximum atomic E-state index is 12.9. The molecule has 0 aliphatic carbocycles. The van der Waals surface area contributed by atoms with E-state index in [1.807, 2.05) is 0 Å². The van der Waals surface area contributed by atoms with Crippen LogP contribution in [-0.2, 0) is 6.18 Å². The lowest BCUT2D eigenvalue weighted by Gasteiger charge is -2.14. The molecule has 0 saturated carbocycles. The Morgan fingerprint density at radius 3 is 2.50 bits per heavy atom. The molecule has 0 unspecified atom stereocenters. The molecule has 126 valence electrons. The largest absolute Gasteiger partial charge is 0.508 e. The zero-order chi connectivity index (χ0) is 17.7. The molecular weight excluding hydrogens is 343 g/mol. The highest BCUT2D eigenvalue weighted by atomic mass is 32.1. The number of aromatic hydroxyl groups is 2. The number of hydrogen-bond donors (Lipinski definition) is 4. The molecule has 0 fully saturated rings. The molecule has 0 amide bonds. The molecule has 0 aliphatic heterocycles. The fraction of sp³-hybridized carbons (Fsp3) is 0.0667. The number of thiocarbonyl (C=S) groups is 1. The fourth-order valence-corrected chi connectivity index (χ4v) is 1.95. The van der Waals surface area contributed by atoms with Gasteiger partial charge in [0.15, 0.2) is 5.11 Å². The molecule has 0 saturated heterocycles. The van der Waals surface area contributed by atoms with Crippen molar-refractivity contribution >= 4 is 29.2 Å². The molecule has 0 atom stereocenters. The lowest BCUT2D eigenvalue weighted by atomic mass is 10.2. The van der Waals surface area contributed by atoms with Crippen LogP contribution in [0.25, 0.3) is 0 Å². The summed E-state index contributed by atoms with van der Waals surface area (Å²) in [6.07, 6.45) is -3.31. The van der Waals surface area contributed by atoms with E-state index in [-0.39, 0.29) is 22.3 Å². The van der Waals surface area contributed by atoms with E-state index in [0.29, 0.717) is 5.56 Å². The van der Waals surface area contributed by atoms with Crippen molar-refractivity contribution < 1.29 is 23.4 Å². The quantitative estimate of drug-likeness (QED) is 0.386. The van der Waals surface area contributed by atoms with Crippen molar-refractivity contribution in [1.29, 1.82) is 0 Å². The van der Waals surface area contributed by atoms with Crippen LogP contribution in [-0.4, -0.2) is 21.5 Å². The summed E-state index contributed by atoms with van der Waals surface area (Å²) in [5.74, 6) is -0.319. The van der Waals surface area contributed by atoms with Crippen LogP contribution in [0.4, 0.5) is 18.9 Å². The minimum atomic E-state index is -4.51. The monoisotopic (exact) mass is 355 g/mol. The maximum Gasteiger partial charge on any atom is 0.418 e. The predicted molar refractivity (Wildman–Crippen MR) is 88.2 cm³/mol. The Bertz CT molecular complexity index is 779. The fourth-order valence-electron chi connectivity index (χ4n) is 1.79. The second-order valence-electron chi connectivity index (χ2n) is 4.61. The first-order chi connectivity index (χ1) is 11.3. The minimum Gasteiger partial charge on any atom is -0.508 e. The molecule has 0 aromatic heterocycles. The summed E-state index contributed by atoms with van der Waals surface area (Å²) in [6.45, 7) is 0. The number of para-hydroxylation sites is 1. The van der Waals surface area contributed by atoms with Crippen LogP contribution < -0.4 is 10.7 Å². The molecule has 0 spiro atoms. The average molecular weight is 355 g/mol. The first-order valence-electron chi connectivity index (χ1n) is 6.55. The zero-order valence-electron chi connectivity index (χ0n) is 12.0. The normalized spacial score (nSPS) is 11.5. The van der Waals surface area contributed by atoms with Gasteiger partial charge in [-0.15, -0.1) is 0 Å². The summed E-state index contributed by atoms with van der Waals surface area (Å²) >= 11 is 4.88. The lowest BCUT2D eigenvalue weighted by Crippen LogP contribution is -2.25. The summed E-state index contributed by atoms with van der Waals surface area (Å²) in [5, 5.41) is 24.7. The lowest BCUT2D eigenvalue weighted by molar-refractivity contribution is -0.136. The number of hydrogen-bond acceptors (Lipinski definition) is 4. The molecule has 0 radical (unpaired) electrons. The average Bonchev–Trinajstić information content (AvgIpc) is 2.49. The smallest absolute Gasteiger partial charge is 0.418 e. The van der Waals surface area contributed by atoms with Gasteiger partial charge in [-0.25, -0.2) is 0 Å². The number of rotatable bonds is 3.